The van der Waals surface area contributed by atoms with Gasteiger partial charge in [-0.1, -0.05) is 5.57 Å². The van der Waals surface area contributed by atoms with Crippen molar-refractivity contribution in [3.63, 3.8) is 0 Å². The van der Waals surface area contributed by atoms with Crippen LogP contribution in [-0.4, -0.2) is 58.0 Å². The Balaban J connectivity index is 2.14. The van der Waals surface area contributed by atoms with E-state index in [1.165, 1.54) is 0 Å². The number of nitrogens with one attached hydrogen (secondary N) is 1. The van der Waals surface area contributed by atoms with Crippen LogP contribution in [0.4, 0.5) is 0 Å². The van der Waals surface area contributed by atoms with Crippen molar-refractivity contribution in [3.05, 3.63) is 11.1 Å². The van der Waals surface area contributed by atoms with Gasteiger partial charge in [-0.25, -0.2) is 4.79 Å². The van der Waals surface area contributed by atoms with Gasteiger partial charge >= 0.3 is 11.9 Å². The van der Waals surface area contributed by atoms with E-state index in [1.807, 2.05) is 0 Å². The van der Waals surface area contributed by atoms with E-state index in [1.54, 1.807) is 6.92 Å². The van der Waals surface area contributed by atoms with Gasteiger partial charge in [-0.3, -0.25) is 9.59 Å². The van der Waals surface area contributed by atoms with Gasteiger partial charge in [-0.05, 0) is 6.92 Å². The monoisotopic (exact) mass is 313 g/mol. The molecule has 0 bridgehead atoms. The second kappa shape index (κ2) is 6.45. The van der Waals surface area contributed by atoms with Crippen LogP contribution in [0.15, 0.2) is 11.1 Å². The van der Waals surface area contributed by atoms with Gasteiger partial charge in [0, 0.05) is 24.3 Å². The number of hydrogen-bond acceptors (Lipinski definition) is 6. The molecule has 22 heavy (non-hydrogen) atoms. The summed E-state index contributed by atoms with van der Waals surface area (Å²) in [6, 6.07) is 0. The van der Waals surface area contributed by atoms with Crippen molar-refractivity contribution in [2.24, 2.45) is 5.92 Å². The highest BCUT2D eigenvalue weighted by molar-refractivity contribution is 5.97. The van der Waals surface area contributed by atoms with Crippen molar-refractivity contribution in [1.82, 2.24) is 5.32 Å². The molecule has 1 aliphatic heterocycles. The number of aliphatic hydroxyl groups is 2. The van der Waals surface area contributed by atoms with Gasteiger partial charge in [0.2, 0.25) is 5.91 Å². The molecular weight excluding hydrogens is 294 g/mol. The molecule has 122 valence electrons. The highest BCUT2D eigenvalue weighted by Crippen LogP contribution is 2.38. The first-order valence-electron chi connectivity index (χ1n) is 7.04. The molecule has 0 spiro atoms. The number of ether oxygens (including phenoxy) is 1. The van der Waals surface area contributed by atoms with Crippen LogP contribution in [0.1, 0.15) is 26.2 Å². The van der Waals surface area contributed by atoms with Gasteiger partial charge in [0.25, 0.3) is 0 Å². The second-order valence-corrected chi connectivity index (χ2v) is 5.67. The first-order chi connectivity index (χ1) is 10.3. The predicted molar refractivity (Wildman–Crippen MR) is 72.6 cm³/mol. The average molecular weight is 313 g/mol. The van der Waals surface area contributed by atoms with Crippen LogP contribution in [0.5, 0.6) is 0 Å². The van der Waals surface area contributed by atoms with Gasteiger partial charge < -0.3 is 25.4 Å². The first-order valence-corrected chi connectivity index (χ1v) is 7.04. The Morgan fingerprint density at radius 3 is 2.64 bits per heavy atom. The van der Waals surface area contributed by atoms with Gasteiger partial charge in [-0.15, -0.1) is 0 Å². The van der Waals surface area contributed by atoms with Crippen molar-refractivity contribution in [2.45, 2.75) is 44.5 Å². The number of carbonyl (C=O) groups is 3. The Morgan fingerprint density at radius 2 is 2.00 bits per heavy atom. The van der Waals surface area contributed by atoms with Crippen LogP contribution in [0, 0.1) is 5.92 Å². The molecule has 4 atom stereocenters. The van der Waals surface area contributed by atoms with Crippen molar-refractivity contribution in [3.8, 4) is 0 Å². The highest BCUT2D eigenvalue weighted by atomic mass is 16.5. The predicted octanol–water partition coefficient (Wildman–Crippen LogP) is -1.05. The lowest BCUT2D eigenvalue weighted by Gasteiger charge is -2.41. The Hall–Kier alpha value is -1.93. The number of esters is 1. The Labute approximate surface area is 126 Å². The van der Waals surface area contributed by atoms with E-state index in [-0.39, 0.29) is 24.8 Å². The van der Waals surface area contributed by atoms with Gasteiger partial charge in [0.1, 0.15) is 12.6 Å². The molecule has 0 aromatic carbocycles. The number of aliphatic hydroxyl groups excluding tert-OH is 2. The van der Waals surface area contributed by atoms with Crippen LogP contribution < -0.4 is 5.32 Å². The highest BCUT2D eigenvalue weighted by Gasteiger charge is 2.44. The average Bonchev–Trinajstić information content (AvgIpc) is 2.40. The molecule has 1 amide bonds. The maximum absolute atomic E-state index is 12.0. The van der Waals surface area contributed by atoms with E-state index in [4.69, 9.17) is 9.84 Å². The molecule has 1 aliphatic carbocycles. The molecule has 2 aliphatic rings. The third kappa shape index (κ3) is 3.45. The summed E-state index contributed by atoms with van der Waals surface area (Å²) in [7, 11) is 0. The van der Waals surface area contributed by atoms with Crippen LogP contribution in [0.2, 0.25) is 0 Å². The molecule has 1 fully saturated rings. The maximum atomic E-state index is 12.0. The van der Waals surface area contributed by atoms with E-state index in [2.05, 4.69) is 5.32 Å². The van der Waals surface area contributed by atoms with E-state index in [9.17, 15) is 24.6 Å². The van der Waals surface area contributed by atoms with Crippen molar-refractivity contribution < 1.29 is 34.4 Å². The molecule has 1 saturated carbocycles. The Morgan fingerprint density at radius 1 is 1.32 bits per heavy atom. The van der Waals surface area contributed by atoms with Crippen molar-refractivity contribution in [1.29, 1.82) is 0 Å². The number of aliphatic carboxylic acids is 1. The van der Waals surface area contributed by atoms with E-state index < -0.39 is 48.6 Å². The fraction of sp³-hybridized carbons (Fsp3) is 0.643. The van der Waals surface area contributed by atoms with Gasteiger partial charge in [0.05, 0.1) is 18.6 Å². The van der Waals surface area contributed by atoms with Crippen LogP contribution in [0.25, 0.3) is 0 Å². The molecule has 0 aromatic heterocycles. The summed E-state index contributed by atoms with van der Waals surface area (Å²) in [6.07, 6.45) is -2.03. The number of amides is 1. The number of carboxylic acids is 1. The lowest BCUT2D eigenvalue weighted by atomic mass is 9.75. The molecule has 4 unspecified atom stereocenters. The largest absolute Gasteiger partial charge is 0.480 e. The Bertz CT molecular complexity index is 527. The molecule has 8 heteroatoms. The fourth-order valence-corrected chi connectivity index (χ4v) is 3.05. The number of hydrogen-bond donors (Lipinski definition) is 4. The van der Waals surface area contributed by atoms with Crippen LogP contribution in [-0.2, 0) is 19.1 Å². The molecule has 0 radical (unpaired) electrons. The summed E-state index contributed by atoms with van der Waals surface area (Å²) in [5.41, 5.74) is 0.700. The molecule has 2 rings (SSSR count). The number of fused-ring (bicyclic) bond motifs is 1. The SMILES string of the molecule is CC1=C(CC(=O)NCC(=O)O)C(=O)OC2CC(O)CC(O)C12. The van der Waals surface area contributed by atoms with Crippen LogP contribution in [0.3, 0.4) is 0 Å². The van der Waals surface area contributed by atoms with E-state index in [0.29, 0.717) is 5.57 Å². The molecular formula is C14H19NO7. The summed E-state index contributed by atoms with van der Waals surface area (Å²) < 4.78 is 5.23. The lowest BCUT2D eigenvalue weighted by Crippen LogP contribution is -2.48. The Kier molecular flexibility index (Phi) is 4.82. The van der Waals surface area contributed by atoms with E-state index in [0.717, 1.165) is 0 Å². The summed E-state index contributed by atoms with van der Waals surface area (Å²) in [5.74, 6) is -2.88. The smallest absolute Gasteiger partial charge is 0.334 e. The number of carboxylic acid groups (broad SMARTS) is 1. The first kappa shape index (κ1) is 16.4. The zero-order chi connectivity index (χ0) is 16.4. The standard InChI is InChI=1S/C14H19NO7/c1-6-8(4-11(18)15-5-12(19)20)14(21)22-10-3-7(16)2-9(17)13(6)10/h7,9-10,13,16-17H,2-5H2,1H3,(H,15,18)(H,19,20). The number of carbonyl (C=O) groups excluding carboxylic acids is 2. The minimum Gasteiger partial charge on any atom is -0.480 e. The summed E-state index contributed by atoms with van der Waals surface area (Å²) in [5, 5.41) is 30.4. The van der Waals surface area contributed by atoms with Gasteiger partial charge in [-0.2, -0.15) is 0 Å². The normalized spacial score (nSPS) is 31.3. The zero-order valence-corrected chi connectivity index (χ0v) is 12.1. The maximum Gasteiger partial charge on any atom is 0.334 e. The lowest BCUT2D eigenvalue weighted by molar-refractivity contribution is -0.159. The van der Waals surface area contributed by atoms with E-state index >= 15 is 0 Å². The van der Waals surface area contributed by atoms with Crippen molar-refractivity contribution in [2.75, 3.05) is 6.54 Å². The number of rotatable bonds is 4. The molecule has 8 nitrogen and oxygen atoms in total. The minimum atomic E-state index is -1.18. The quantitative estimate of drug-likeness (QED) is 0.487. The third-order valence-corrected chi connectivity index (χ3v) is 4.09. The second-order valence-electron chi connectivity index (χ2n) is 5.67. The molecule has 1 heterocycles. The van der Waals surface area contributed by atoms with Gasteiger partial charge in [0.15, 0.2) is 0 Å². The third-order valence-electron chi connectivity index (χ3n) is 4.09. The zero-order valence-electron chi connectivity index (χ0n) is 12.1. The fourth-order valence-electron chi connectivity index (χ4n) is 3.05. The molecule has 4 N–H and O–H groups in total. The summed E-state index contributed by atoms with van der Waals surface area (Å²) in [6.45, 7) is 1.12. The topological polar surface area (TPSA) is 133 Å². The minimum absolute atomic E-state index is 0.138. The molecule has 0 aromatic rings. The van der Waals surface area contributed by atoms with Crippen LogP contribution >= 0.6 is 0 Å². The van der Waals surface area contributed by atoms with Crippen molar-refractivity contribution >= 4 is 17.8 Å². The summed E-state index contributed by atoms with van der Waals surface area (Å²) in [4.78, 5) is 34.1. The summed E-state index contributed by atoms with van der Waals surface area (Å²) >= 11 is 0. The molecule has 0 saturated heterocycles.